The molecular formula is C27H24N2O4. The second-order valence-corrected chi connectivity index (χ2v) is 7.24. The Morgan fingerprint density at radius 3 is 2.48 bits per heavy atom. The second kappa shape index (κ2) is 10.8. The molecular weight excluding hydrogens is 416 g/mol. The van der Waals surface area contributed by atoms with Crippen LogP contribution in [0.4, 0.5) is 0 Å². The second-order valence-electron chi connectivity index (χ2n) is 7.24. The fourth-order valence-corrected chi connectivity index (χ4v) is 3.29. The van der Waals surface area contributed by atoms with E-state index >= 15 is 0 Å². The van der Waals surface area contributed by atoms with Crippen molar-refractivity contribution in [2.24, 2.45) is 5.10 Å². The van der Waals surface area contributed by atoms with Gasteiger partial charge >= 0.3 is 0 Å². The zero-order valence-electron chi connectivity index (χ0n) is 18.2. The quantitative estimate of drug-likeness (QED) is 0.295. The maximum atomic E-state index is 12.1. The third kappa shape index (κ3) is 5.89. The van der Waals surface area contributed by atoms with Crippen LogP contribution in [0.25, 0.3) is 10.8 Å². The smallest absolute Gasteiger partial charge is 0.277 e. The standard InChI is InChI=1S/C27H24N2O4/c1-31-26-16-21(14-15-25(26)32-18-20-8-3-2-4-9-20)17-28-29-27(30)19-33-24-13-7-11-22-10-5-6-12-23(22)24/h2-17H,18-19H2,1H3,(H,29,30)/b28-17+. The lowest BCUT2D eigenvalue weighted by Gasteiger charge is -2.11. The molecule has 6 heteroatoms. The van der Waals surface area contributed by atoms with Crippen LogP contribution in [0.1, 0.15) is 11.1 Å². The Morgan fingerprint density at radius 2 is 1.64 bits per heavy atom. The fraction of sp³-hybridized carbons (Fsp3) is 0.111. The molecule has 0 saturated heterocycles. The lowest BCUT2D eigenvalue weighted by Crippen LogP contribution is -2.24. The summed E-state index contributed by atoms with van der Waals surface area (Å²) in [6.45, 7) is 0.304. The number of rotatable bonds is 9. The maximum absolute atomic E-state index is 12.1. The number of carbonyl (C=O) groups is 1. The van der Waals surface area contributed by atoms with E-state index in [1.807, 2.05) is 84.9 Å². The summed E-state index contributed by atoms with van der Waals surface area (Å²) in [4.78, 5) is 12.1. The highest BCUT2D eigenvalue weighted by atomic mass is 16.5. The predicted molar refractivity (Wildman–Crippen MR) is 129 cm³/mol. The Kier molecular flexibility index (Phi) is 7.18. The molecule has 6 nitrogen and oxygen atoms in total. The zero-order chi connectivity index (χ0) is 22.9. The molecule has 0 aromatic heterocycles. The highest BCUT2D eigenvalue weighted by molar-refractivity contribution is 5.89. The summed E-state index contributed by atoms with van der Waals surface area (Å²) < 4.78 is 17.0. The average Bonchev–Trinajstić information content (AvgIpc) is 2.87. The SMILES string of the molecule is COc1cc(/C=N/NC(=O)COc2cccc3ccccc23)ccc1OCc1ccccc1. The molecule has 0 bridgehead atoms. The molecule has 166 valence electrons. The number of hydrogen-bond donors (Lipinski definition) is 1. The van der Waals surface area contributed by atoms with Gasteiger partial charge in [0.1, 0.15) is 12.4 Å². The van der Waals surface area contributed by atoms with Crippen molar-refractivity contribution < 1.29 is 19.0 Å². The Balaban J connectivity index is 1.31. The third-order valence-electron chi connectivity index (χ3n) is 4.94. The molecule has 4 aromatic carbocycles. The highest BCUT2D eigenvalue weighted by Gasteiger charge is 2.07. The topological polar surface area (TPSA) is 69.2 Å². The zero-order valence-corrected chi connectivity index (χ0v) is 18.2. The van der Waals surface area contributed by atoms with E-state index in [4.69, 9.17) is 14.2 Å². The van der Waals surface area contributed by atoms with E-state index in [1.54, 1.807) is 19.4 Å². The van der Waals surface area contributed by atoms with Gasteiger partial charge in [0.15, 0.2) is 18.1 Å². The van der Waals surface area contributed by atoms with E-state index in [1.165, 1.54) is 0 Å². The summed E-state index contributed by atoms with van der Waals surface area (Å²) in [6.07, 6.45) is 1.54. The largest absolute Gasteiger partial charge is 0.493 e. The van der Waals surface area contributed by atoms with Gasteiger partial charge in [-0.05, 0) is 40.8 Å². The average molecular weight is 440 g/mol. The lowest BCUT2D eigenvalue weighted by atomic mass is 10.1. The number of ether oxygens (including phenoxy) is 3. The summed E-state index contributed by atoms with van der Waals surface area (Å²) >= 11 is 0. The van der Waals surface area contributed by atoms with Gasteiger partial charge in [-0.25, -0.2) is 5.43 Å². The number of nitrogens with one attached hydrogen (secondary N) is 1. The predicted octanol–water partition coefficient (Wildman–Crippen LogP) is 4.96. The van der Waals surface area contributed by atoms with Crippen molar-refractivity contribution in [2.45, 2.75) is 6.61 Å². The van der Waals surface area contributed by atoms with Crippen LogP contribution in [0.5, 0.6) is 17.2 Å². The van der Waals surface area contributed by atoms with Crippen LogP contribution in [0.3, 0.4) is 0 Å². The lowest BCUT2D eigenvalue weighted by molar-refractivity contribution is -0.123. The maximum Gasteiger partial charge on any atom is 0.277 e. The fourth-order valence-electron chi connectivity index (χ4n) is 3.29. The van der Waals surface area contributed by atoms with Crippen molar-refractivity contribution in [1.29, 1.82) is 0 Å². The van der Waals surface area contributed by atoms with E-state index in [9.17, 15) is 4.79 Å². The van der Waals surface area contributed by atoms with E-state index in [2.05, 4.69) is 10.5 Å². The van der Waals surface area contributed by atoms with Crippen LogP contribution in [0.15, 0.2) is 96.1 Å². The van der Waals surface area contributed by atoms with Crippen LogP contribution in [0, 0.1) is 0 Å². The van der Waals surface area contributed by atoms with Crippen molar-refractivity contribution in [2.75, 3.05) is 13.7 Å². The molecule has 4 aromatic rings. The van der Waals surface area contributed by atoms with Crippen LogP contribution >= 0.6 is 0 Å². The molecule has 0 saturated carbocycles. The number of nitrogens with zero attached hydrogens (tertiary/aromatic N) is 1. The van der Waals surface area contributed by atoms with Crippen LogP contribution in [0.2, 0.25) is 0 Å². The van der Waals surface area contributed by atoms with E-state index < -0.39 is 0 Å². The van der Waals surface area contributed by atoms with Gasteiger partial charge in [-0.2, -0.15) is 5.10 Å². The number of fused-ring (bicyclic) bond motifs is 1. The first kappa shape index (κ1) is 21.9. The molecule has 1 N–H and O–H groups in total. The van der Waals surface area contributed by atoms with Crippen LogP contribution in [-0.2, 0) is 11.4 Å². The number of amides is 1. The van der Waals surface area contributed by atoms with Crippen LogP contribution in [-0.4, -0.2) is 25.8 Å². The number of benzene rings is 4. The van der Waals surface area contributed by atoms with Gasteiger partial charge in [-0.15, -0.1) is 0 Å². The Morgan fingerprint density at radius 1 is 0.848 bits per heavy atom. The van der Waals surface area contributed by atoms with Gasteiger partial charge in [0.2, 0.25) is 0 Å². The number of hydrazone groups is 1. The molecule has 0 aliphatic heterocycles. The molecule has 0 radical (unpaired) electrons. The Labute approximate surface area is 192 Å². The molecule has 0 atom stereocenters. The van der Waals surface area contributed by atoms with Crippen molar-refractivity contribution in [3.63, 3.8) is 0 Å². The summed E-state index contributed by atoms with van der Waals surface area (Å²) in [6, 6.07) is 28.9. The van der Waals surface area contributed by atoms with Gasteiger partial charge in [0.25, 0.3) is 5.91 Å². The minimum Gasteiger partial charge on any atom is -0.493 e. The monoisotopic (exact) mass is 440 g/mol. The molecule has 0 aliphatic rings. The molecule has 33 heavy (non-hydrogen) atoms. The third-order valence-corrected chi connectivity index (χ3v) is 4.94. The van der Waals surface area contributed by atoms with E-state index in [-0.39, 0.29) is 12.5 Å². The first-order valence-electron chi connectivity index (χ1n) is 10.5. The van der Waals surface area contributed by atoms with Crippen molar-refractivity contribution in [3.8, 4) is 17.2 Å². The van der Waals surface area contributed by atoms with Gasteiger partial charge in [-0.1, -0.05) is 66.7 Å². The first-order chi connectivity index (χ1) is 16.2. The number of carbonyl (C=O) groups excluding carboxylic acids is 1. The molecule has 1 amide bonds. The van der Waals surface area contributed by atoms with Gasteiger partial charge in [0.05, 0.1) is 13.3 Å². The highest BCUT2D eigenvalue weighted by Crippen LogP contribution is 2.28. The summed E-state index contributed by atoms with van der Waals surface area (Å²) in [5.41, 5.74) is 4.31. The van der Waals surface area contributed by atoms with E-state index in [0.29, 0.717) is 23.9 Å². The first-order valence-corrected chi connectivity index (χ1v) is 10.5. The summed E-state index contributed by atoms with van der Waals surface area (Å²) in [5.74, 6) is 1.52. The van der Waals surface area contributed by atoms with Crippen molar-refractivity contribution in [3.05, 3.63) is 102 Å². The molecule has 0 heterocycles. The van der Waals surface area contributed by atoms with E-state index in [0.717, 1.165) is 21.9 Å². The van der Waals surface area contributed by atoms with Crippen molar-refractivity contribution >= 4 is 22.9 Å². The minimum atomic E-state index is -0.353. The molecule has 0 fully saturated rings. The molecule has 0 aliphatic carbocycles. The molecule has 4 rings (SSSR count). The number of hydrogen-bond acceptors (Lipinski definition) is 5. The minimum absolute atomic E-state index is 0.138. The normalized spacial score (nSPS) is 10.8. The molecule has 0 spiro atoms. The van der Waals surface area contributed by atoms with Crippen LogP contribution < -0.4 is 19.6 Å². The molecule has 0 unspecified atom stereocenters. The van der Waals surface area contributed by atoms with Gasteiger partial charge in [0, 0.05) is 5.39 Å². The van der Waals surface area contributed by atoms with Gasteiger partial charge in [-0.3, -0.25) is 4.79 Å². The Hall–Kier alpha value is -4.32. The Bertz CT molecular complexity index is 1250. The summed E-state index contributed by atoms with van der Waals surface area (Å²) in [7, 11) is 1.58. The number of methoxy groups -OCH3 is 1. The summed E-state index contributed by atoms with van der Waals surface area (Å²) in [5, 5.41) is 6.02. The van der Waals surface area contributed by atoms with Crippen molar-refractivity contribution in [1.82, 2.24) is 5.43 Å². The van der Waals surface area contributed by atoms with Gasteiger partial charge < -0.3 is 14.2 Å².